The summed E-state index contributed by atoms with van der Waals surface area (Å²) in [5.74, 6) is 0.101. The highest BCUT2D eigenvalue weighted by atomic mass is 19.4. The average Bonchev–Trinajstić information content (AvgIpc) is 2.73. The number of nitrogens with one attached hydrogen (secondary N) is 1. The van der Waals surface area contributed by atoms with Crippen LogP contribution in [0.3, 0.4) is 0 Å². The molecule has 0 aliphatic rings. The van der Waals surface area contributed by atoms with Crippen LogP contribution in [0.5, 0.6) is 0 Å². The predicted molar refractivity (Wildman–Crippen MR) is 65.0 cm³/mol. The zero-order valence-corrected chi connectivity index (χ0v) is 10.5. The first kappa shape index (κ1) is 14.1. The van der Waals surface area contributed by atoms with Crippen LogP contribution in [0.2, 0.25) is 0 Å². The number of carbonyl (C=O) groups is 1. The van der Waals surface area contributed by atoms with Crippen LogP contribution in [0.25, 0.3) is 0 Å². The van der Waals surface area contributed by atoms with E-state index in [1.807, 2.05) is 0 Å². The van der Waals surface area contributed by atoms with Crippen LogP contribution in [-0.2, 0) is 17.4 Å². The van der Waals surface area contributed by atoms with E-state index in [9.17, 15) is 18.0 Å². The van der Waals surface area contributed by atoms with E-state index in [2.05, 4.69) is 10.5 Å². The lowest BCUT2D eigenvalue weighted by Crippen LogP contribution is -2.15. The van der Waals surface area contributed by atoms with E-state index < -0.39 is 17.6 Å². The lowest BCUT2D eigenvalue weighted by Gasteiger charge is -2.09. The van der Waals surface area contributed by atoms with Gasteiger partial charge >= 0.3 is 6.18 Å². The standard InChI is InChI=1S/C13H11F3N2O2/c1-8-5-11(18-20-8)7-12(19)17-10-4-2-3-9(6-10)13(14,15)16/h2-6H,7H2,1H3,(H,17,19). The number of rotatable bonds is 3. The van der Waals surface area contributed by atoms with Crippen molar-refractivity contribution in [3.05, 3.63) is 47.3 Å². The van der Waals surface area contributed by atoms with Crippen LogP contribution in [-0.4, -0.2) is 11.1 Å². The van der Waals surface area contributed by atoms with Crippen LogP contribution in [0.4, 0.5) is 18.9 Å². The van der Waals surface area contributed by atoms with Gasteiger partial charge in [0.15, 0.2) is 0 Å². The van der Waals surface area contributed by atoms with E-state index in [1.165, 1.54) is 12.1 Å². The quantitative estimate of drug-likeness (QED) is 0.941. The second-order valence-electron chi connectivity index (χ2n) is 4.23. The summed E-state index contributed by atoms with van der Waals surface area (Å²) in [5.41, 5.74) is -0.301. The molecule has 1 heterocycles. The van der Waals surface area contributed by atoms with Gasteiger partial charge in [0.1, 0.15) is 5.76 Å². The van der Waals surface area contributed by atoms with E-state index in [0.717, 1.165) is 12.1 Å². The molecule has 1 amide bonds. The minimum Gasteiger partial charge on any atom is -0.361 e. The van der Waals surface area contributed by atoms with E-state index in [1.54, 1.807) is 13.0 Å². The van der Waals surface area contributed by atoms with Crippen molar-refractivity contribution in [3.63, 3.8) is 0 Å². The molecule has 0 fully saturated rings. The normalized spacial score (nSPS) is 11.4. The summed E-state index contributed by atoms with van der Waals surface area (Å²) in [5, 5.41) is 6.03. The Hall–Kier alpha value is -2.31. The number of anilines is 1. The van der Waals surface area contributed by atoms with Gasteiger partial charge in [-0.05, 0) is 25.1 Å². The maximum atomic E-state index is 12.5. The molecule has 0 aliphatic heterocycles. The smallest absolute Gasteiger partial charge is 0.361 e. The summed E-state index contributed by atoms with van der Waals surface area (Å²) in [7, 11) is 0. The molecule has 0 atom stereocenters. The minimum atomic E-state index is -4.44. The summed E-state index contributed by atoms with van der Waals surface area (Å²) in [6.07, 6.45) is -4.50. The number of carbonyl (C=O) groups excluding carboxylic acids is 1. The van der Waals surface area contributed by atoms with Gasteiger partial charge in [-0.25, -0.2) is 0 Å². The maximum absolute atomic E-state index is 12.5. The summed E-state index contributed by atoms with van der Waals surface area (Å²) in [6, 6.07) is 6.04. The topological polar surface area (TPSA) is 55.1 Å². The zero-order valence-electron chi connectivity index (χ0n) is 10.5. The molecule has 2 aromatic rings. The third-order valence-electron chi connectivity index (χ3n) is 2.49. The highest BCUT2D eigenvalue weighted by Gasteiger charge is 2.30. The van der Waals surface area contributed by atoms with Crippen molar-refractivity contribution in [3.8, 4) is 0 Å². The summed E-state index contributed by atoms with van der Waals surface area (Å²) in [6.45, 7) is 1.68. The van der Waals surface area contributed by atoms with Crippen molar-refractivity contribution in [2.45, 2.75) is 19.5 Å². The second kappa shape index (κ2) is 5.36. The molecule has 0 unspecified atom stereocenters. The minimum absolute atomic E-state index is 0.0619. The highest BCUT2D eigenvalue weighted by Crippen LogP contribution is 2.30. The van der Waals surface area contributed by atoms with Gasteiger partial charge in [-0.15, -0.1) is 0 Å². The van der Waals surface area contributed by atoms with Gasteiger partial charge in [0, 0.05) is 11.8 Å². The third-order valence-corrected chi connectivity index (χ3v) is 2.49. The molecule has 0 radical (unpaired) electrons. The highest BCUT2D eigenvalue weighted by molar-refractivity contribution is 5.92. The number of amides is 1. The van der Waals surface area contributed by atoms with Gasteiger partial charge in [-0.2, -0.15) is 13.2 Å². The van der Waals surface area contributed by atoms with Crippen molar-refractivity contribution in [1.29, 1.82) is 0 Å². The van der Waals surface area contributed by atoms with Crippen LogP contribution < -0.4 is 5.32 Å². The van der Waals surface area contributed by atoms with Crippen molar-refractivity contribution in [2.24, 2.45) is 0 Å². The van der Waals surface area contributed by atoms with Crippen LogP contribution in [0.1, 0.15) is 17.0 Å². The maximum Gasteiger partial charge on any atom is 0.416 e. The fraction of sp³-hybridized carbons (Fsp3) is 0.231. The molecule has 4 nitrogen and oxygen atoms in total. The number of aryl methyl sites for hydroxylation is 1. The monoisotopic (exact) mass is 284 g/mol. The molecule has 0 aliphatic carbocycles. The molecule has 1 aromatic heterocycles. The number of nitrogens with zero attached hydrogens (tertiary/aromatic N) is 1. The van der Waals surface area contributed by atoms with Crippen LogP contribution >= 0.6 is 0 Å². The molecule has 2 rings (SSSR count). The van der Waals surface area contributed by atoms with Gasteiger partial charge in [0.2, 0.25) is 5.91 Å². The number of benzene rings is 1. The molecule has 0 saturated carbocycles. The van der Waals surface area contributed by atoms with E-state index in [-0.39, 0.29) is 12.1 Å². The number of aromatic nitrogens is 1. The number of halogens is 3. The number of hydrogen-bond acceptors (Lipinski definition) is 3. The summed E-state index contributed by atoms with van der Waals surface area (Å²) >= 11 is 0. The molecule has 20 heavy (non-hydrogen) atoms. The van der Waals surface area contributed by atoms with Gasteiger partial charge in [-0.3, -0.25) is 4.79 Å². The van der Waals surface area contributed by atoms with Crippen LogP contribution in [0.15, 0.2) is 34.9 Å². The Morgan fingerprint density at radius 2 is 2.10 bits per heavy atom. The zero-order chi connectivity index (χ0) is 14.8. The van der Waals surface area contributed by atoms with Crippen molar-refractivity contribution in [1.82, 2.24) is 5.16 Å². The Morgan fingerprint density at radius 1 is 1.35 bits per heavy atom. The Balaban J connectivity index is 2.04. The lowest BCUT2D eigenvalue weighted by molar-refractivity contribution is -0.137. The third kappa shape index (κ3) is 3.59. The van der Waals surface area contributed by atoms with Gasteiger partial charge in [0.25, 0.3) is 0 Å². The molecule has 1 N–H and O–H groups in total. The van der Waals surface area contributed by atoms with Crippen LogP contribution in [0, 0.1) is 6.92 Å². The molecule has 0 spiro atoms. The summed E-state index contributed by atoms with van der Waals surface area (Å²) in [4.78, 5) is 11.7. The Morgan fingerprint density at radius 3 is 2.70 bits per heavy atom. The molecular weight excluding hydrogens is 273 g/mol. The van der Waals surface area contributed by atoms with Gasteiger partial charge in [-0.1, -0.05) is 11.2 Å². The van der Waals surface area contributed by atoms with Crippen molar-refractivity contribution < 1.29 is 22.5 Å². The van der Waals surface area contributed by atoms with E-state index in [4.69, 9.17) is 4.52 Å². The van der Waals surface area contributed by atoms with E-state index in [0.29, 0.717) is 11.5 Å². The first-order valence-electron chi connectivity index (χ1n) is 5.74. The first-order valence-corrected chi connectivity index (χ1v) is 5.74. The molecule has 7 heteroatoms. The number of hydrogen-bond donors (Lipinski definition) is 1. The largest absolute Gasteiger partial charge is 0.416 e. The summed E-state index contributed by atoms with van der Waals surface area (Å²) < 4.78 is 42.4. The Bertz CT molecular complexity index is 620. The van der Waals surface area contributed by atoms with Gasteiger partial charge in [0.05, 0.1) is 17.7 Å². The fourth-order valence-electron chi connectivity index (χ4n) is 1.64. The van der Waals surface area contributed by atoms with Gasteiger partial charge < -0.3 is 9.84 Å². The molecule has 106 valence electrons. The Labute approximate surface area is 112 Å². The lowest BCUT2D eigenvalue weighted by atomic mass is 10.2. The van der Waals surface area contributed by atoms with Crippen molar-refractivity contribution in [2.75, 3.05) is 5.32 Å². The fourth-order valence-corrected chi connectivity index (χ4v) is 1.64. The molecule has 0 saturated heterocycles. The predicted octanol–water partition coefficient (Wildman–Crippen LogP) is 3.18. The number of alkyl halides is 3. The first-order chi connectivity index (χ1) is 9.34. The average molecular weight is 284 g/mol. The van der Waals surface area contributed by atoms with E-state index >= 15 is 0 Å². The molecule has 1 aromatic carbocycles. The van der Waals surface area contributed by atoms with Crippen molar-refractivity contribution >= 4 is 11.6 Å². The molecular formula is C13H11F3N2O2. The second-order valence-corrected chi connectivity index (χ2v) is 4.23. The SMILES string of the molecule is Cc1cc(CC(=O)Nc2cccc(C(F)(F)F)c2)no1. The Kier molecular flexibility index (Phi) is 3.78. The molecule has 0 bridgehead atoms.